The van der Waals surface area contributed by atoms with Crippen molar-refractivity contribution in [3.05, 3.63) is 36.0 Å². The van der Waals surface area contributed by atoms with Crippen LogP contribution in [0.15, 0.2) is 36.0 Å². The van der Waals surface area contributed by atoms with Crippen LogP contribution in [0.4, 0.5) is 0 Å². The van der Waals surface area contributed by atoms with Gasteiger partial charge >= 0.3 is 11.9 Å². The molecule has 6 aliphatic rings. The van der Waals surface area contributed by atoms with E-state index in [0.717, 1.165) is 6.42 Å². The van der Waals surface area contributed by atoms with E-state index in [4.69, 9.17) is 28.4 Å². The molecule has 2 spiro atoms. The van der Waals surface area contributed by atoms with Gasteiger partial charge in [0, 0.05) is 24.0 Å². The molecule has 0 aromatic heterocycles. The fraction of sp³-hybridized carbons (Fsp3) is 0.724. The van der Waals surface area contributed by atoms with Crippen molar-refractivity contribution in [2.45, 2.75) is 101 Å². The van der Waals surface area contributed by atoms with Gasteiger partial charge in [-0.05, 0) is 39.2 Å². The number of carbonyl (C=O) groups is 2. The lowest BCUT2D eigenvalue weighted by molar-refractivity contribution is -0.250. The highest BCUT2D eigenvalue weighted by Crippen LogP contribution is 2.75. The highest BCUT2D eigenvalue weighted by Gasteiger charge is 2.86. The van der Waals surface area contributed by atoms with E-state index < -0.39 is 52.8 Å². The summed E-state index contributed by atoms with van der Waals surface area (Å²) in [4.78, 5) is 26.0. The second kappa shape index (κ2) is 9.22. The molecule has 0 aromatic rings. The van der Waals surface area contributed by atoms with Gasteiger partial charge in [0.1, 0.15) is 30.5 Å². The lowest BCUT2D eigenvalue weighted by atomic mass is 9.50. The number of aliphatic hydroxyl groups excluding tert-OH is 2. The number of aliphatic hydroxyl groups is 2. The number of allylic oxidation sites excluding steroid dienone is 2. The predicted molar refractivity (Wildman–Crippen MR) is 135 cm³/mol. The van der Waals surface area contributed by atoms with Crippen LogP contribution in [0.5, 0.6) is 0 Å². The molecule has 0 radical (unpaired) electrons. The minimum atomic E-state index is -1.07. The SMILES string of the molecule is C/C1=C\C(=O)OC[C@]23CC[C@@]4(C)O[C@H]4[C@H]2O[C@@H]2C[C@@H](OC(=O)/C=C\C=C\[C@H]([C@@H](C)O)OC[C@@H]1O)[C@@]3(C)[C@]21CO1. The topological polar surface area (TPSA) is 137 Å². The molecule has 2 bridgehead atoms. The molecule has 5 fully saturated rings. The summed E-state index contributed by atoms with van der Waals surface area (Å²) >= 11 is 0. The first-order chi connectivity index (χ1) is 18.5. The van der Waals surface area contributed by atoms with Crippen LogP contribution in [0.2, 0.25) is 0 Å². The first-order valence-corrected chi connectivity index (χ1v) is 13.8. The van der Waals surface area contributed by atoms with Gasteiger partial charge in [0.05, 0.1) is 48.6 Å². The van der Waals surface area contributed by atoms with Crippen molar-refractivity contribution in [1.82, 2.24) is 0 Å². The van der Waals surface area contributed by atoms with Gasteiger partial charge in [0.2, 0.25) is 0 Å². The van der Waals surface area contributed by atoms with E-state index in [2.05, 4.69) is 13.8 Å². The van der Waals surface area contributed by atoms with Crippen LogP contribution < -0.4 is 0 Å². The Morgan fingerprint density at radius 2 is 1.82 bits per heavy atom. The summed E-state index contributed by atoms with van der Waals surface area (Å²) < 4.78 is 36.7. The van der Waals surface area contributed by atoms with Crippen LogP contribution in [0.3, 0.4) is 0 Å². The zero-order valence-electron chi connectivity index (χ0n) is 22.8. The van der Waals surface area contributed by atoms with Crippen molar-refractivity contribution in [2.24, 2.45) is 10.8 Å². The standard InChI is InChI=1S/C29H38O10/c1-16-11-23(33)35-14-28-10-9-26(3)24(39-26)25(28)38-21-12-20(27(28,4)29(21)15-36-29)37-22(32)8-6-5-7-19(17(2)30)34-13-18(16)31/h5-8,11,17-21,24-25,30-31H,9-10,12-15H2,1-4H3/b7-5+,8-6-,16-11+/t17-,18+,19-,20-,21-,24+,25-,26-,27-,28-,29+/m1/s1. The van der Waals surface area contributed by atoms with E-state index in [9.17, 15) is 19.8 Å². The molecular formula is C29H38O10. The van der Waals surface area contributed by atoms with E-state index in [0.29, 0.717) is 25.0 Å². The summed E-state index contributed by atoms with van der Waals surface area (Å²) in [6.45, 7) is 7.74. The Balaban J connectivity index is 1.37. The monoisotopic (exact) mass is 546 g/mol. The summed E-state index contributed by atoms with van der Waals surface area (Å²) in [5.74, 6) is -1.10. The van der Waals surface area contributed by atoms with Crippen molar-refractivity contribution in [1.29, 1.82) is 0 Å². The van der Waals surface area contributed by atoms with Crippen molar-refractivity contribution < 1.29 is 48.2 Å². The Bertz CT molecular complexity index is 1120. The van der Waals surface area contributed by atoms with Crippen LogP contribution in [0.1, 0.15) is 47.0 Å². The molecule has 0 amide bonds. The molecule has 2 N–H and O–H groups in total. The van der Waals surface area contributed by atoms with Gasteiger partial charge < -0.3 is 38.6 Å². The first kappa shape index (κ1) is 27.1. The van der Waals surface area contributed by atoms with Gasteiger partial charge in [-0.2, -0.15) is 0 Å². The Morgan fingerprint density at radius 1 is 1.05 bits per heavy atom. The zero-order valence-corrected chi connectivity index (χ0v) is 22.8. The number of cyclic esters (lactones) is 1. The summed E-state index contributed by atoms with van der Waals surface area (Å²) in [6, 6.07) is 0. The third-order valence-electron chi connectivity index (χ3n) is 10.3. The average Bonchev–Trinajstić information content (AvgIpc) is 3.79. The maximum atomic E-state index is 13.0. The summed E-state index contributed by atoms with van der Waals surface area (Å²) in [5.41, 5.74) is -1.91. The maximum Gasteiger partial charge on any atom is 0.331 e. The van der Waals surface area contributed by atoms with E-state index in [1.165, 1.54) is 12.2 Å². The number of hydrogen-bond acceptors (Lipinski definition) is 10. The van der Waals surface area contributed by atoms with E-state index in [-0.39, 0.29) is 37.1 Å². The number of hydrogen-bond donors (Lipinski definition) is 2. The van der Waals surface area contributed by atoms with Crippen LogP contribution in [-0.4, -0.2) is 95.9 Å². The molecular weight excluding hydrogens is 508 g/mol. The van der Waals surface area contributed by atoms with Gasteiger partial charge in [-0.15, -0.1) is 0 Å². The molecule has 39 heavy (non-hydrogen) atoms. The quantitative estimate of drug-likeness (QED) is 0.368. The van der Waals surface area contributed by atoms with Crippen molar-refractivity contribution in [3.8, 4) is 0 Å². The van der Waals surface area contributed by atoms with Gasteiger partial charge in [-0.25, -0.2) is 9.59 Å². The number of ether oxygens (including phenoxy) is 6. The Hall–Kier alpha value is -2.08. The minimum absolute atomic E-state index is 0.0356. The predicted octanol–water partition coefficient (Wildman–Crippen LogP) is 1.52. The van der Waals surface area contributed by atoms with E-state index >= 15 is 0 Å². The maximum absolute atomic E-state index is 13.0. The molecule has 4 heterocycles. The number of carbonyl (C=O) groups excluding carboxylic acids is 2. The number of fused-ring (bicyclic) bond motifs is 2. The van der Waals surface area contributed by atoms with Crippen molar-refractivity contribution in [3.63, 3.8) is 0 Å². The van der Waals surface area contributed by atoms with Gasteiger partial charge in [0.25, 0.3) is 0 Å². The lowest BCUT2D eigenvalue weighted by Gasteiger charge is -2.58. The largest absolute Gasteiger partial charge is 0.462 e. The Morgan fingerprint density at radius 3 is 2.54 bits per heavy atom. The summed E-state index contributed by atoms with van der Waals surface area (Å²) in [6.07, 6.45) is 5.28. The highest BCUT2D eigenvalue weighted by atomic mass is 16.7. The molecule has 6 rings (SSSR count). The van der Waals surface area contributed by atoms with Crippen molar-refractivity contribution in [2.75, 3.05) is 19.8 Å². The molecule has 0 unspecified atom stereocenters. The third-order valence-corrected chi connectivity index (χ3v) is 10.3. The second-order valence-electron chi connectivity index (χ2n) is 12.4. The minimum Gasteiger partial charge on any atom is -0.462 e. The molecule has 10 heteroatoms. The smallest absolute Gasteiger partial charge is 0.331 e. The van der Waals surface area contributed by atoms with E-state index in [1.54, 1.807) is 32.1 Å². The molecule has 3 saturated heterocycles. The van der Waals surface area contributed by atoms with Crippen molar-refractivity contribution >= 4 is 11.9 Å². The Kier molecular flexibility index (Phi) is 6.41. The molecule has 0 aromatic carbocycles. The Labute approximate surface area is 227 Å². The number of rotatable bonds is 1. The van der Waals surface area contributed by atoms with Gasteiger partial charge in [-0.3, -0.25) is 0 Å². The average molecular weight is 547 g/mol. The second-order valence-corrected chi connectivity index (χ2v) is 12.4. The van der Waals surface area contributed by atoms with Crippen LogP contribution in [0, 0.1) is 10.8 Å². The summed E-state index contributed by atoms with van der Waals surface area (Å²) in [7, 11) is 0. The van der Waals surface area contributed by atoms with E-state index in [1.807, 2.05) is 0 Å². The third kappa shape index (κ3) is 4.06. The highest BCUT2D eigenvalue weighted by molar-refractivity contribution is 5.83. The van der Waals surface area contributed by atoms with Gasteiger partial charge in [-0.1, -0.05) is 25.2 Å². The zero-order chi connectivity index (χ0) is 27.8. The van der Waals surface area contributed by atoms with Crippen LogP contribution in [-0.2, 0) is 38.0 Å². The molecule has 2 aliphatic carbocycles. The fourth-order valence-electron chi connectivity index (χ4n) is 7.55. The van der Waals surface area contributed by atoms with Crippen LogP contribution >= 0.6 is 0 Å². The molecule has 4 aliphatic heterocycles. The summed E-state index contributed by atoms with van der Waals surface area (Å²) in [5, 5.41) is 20.6. The first-order valence-electron chi connectivity index (χ1n) is 13.8. The molecule has 10 nitrogen and oxygen atoms in total. The van der Waals surface area contributed by atoms with Gasteiger partial charge in [0.15, 0.2) is 0 Å². The lowest BCUT2D eigenvalue weighted by Crippen LogP contribution is -2.69. The molecule has 214 valence electrons. The molecule has 11 atom stereocenters. The fourth-order valence-corrected chi connectivity index (χ4v) is 7.55. The number of esters is 2. The molecule has 2 saturated carbocycles. The van der Waals surface area contributed by atoms with Crippen LogP contribution in [0.25, 0.3) is 0 Å². The number of epoxide rings is 2. The normalized spacial score (nSPS) is 53.0.